The molecule has 1 saturated carbocycles. The zero-order valence-corrected chi connectivity index (χ0v) is 8.63. The zero-order valence-electron chi connectivity index (χ0n) is 8.63. The largest absolute Gasteiger partial charge is 0.366 e. The van der Waals surface area contributed by atoms with Crippen LogP contribution < -0.4 is 0 Å². The van der Waals surface area contributed by atoms with E-state index in [1.54, 1.807) is 0 Å². The Labute approximate surface area is 75.5 Å². The van der Waals surface area contributed by atoms with Crippen LogP contribution >= 0.6 is 0 Å². The van der Waals surface area contributed by atoms with Gasteiger partial charge in [-0.15, -0.1) is 0 Å². The highest BCUT2D eigenvalue weighted by Gasteiger charge is 2.59. The Morgan fingerprint density at radius 1 is 1.33 bits per heavy atom. The number of rotatable bonds is 1. The Morgan fingerprint density at radius 2 is 2.00 bits per heavy atom. The van der Waals surface area contributed by atoms with E-state index >= 15 is 0 Å². The fraction of sp³-hybridized carbons (Fsp3) is 1.00. The molecule has 0 amide bonds. The Balaban J connectivity index is 2.02. The van der Waals surface area contributed by atoms with E-state index in [0.717, 1.165) is 17.8 Å². The van der Waals surface area contributed by atoms with Crippen molar-refractivity contribution in [3.63, 3.8) is 0 Å². The van der Waals surface area contributed by atoms with Gasteiger partial charge in [-0.05, 0) is 37.5 Å². The molecule has 12 heavy (non-hydrogen) atoms. The summed E-state index contributed by atoms with van der Waals surface area (Å²) < 4.78 is 5.76. The van der Waals surface area contributed by atoms with Crippen molar-refractivity contribution in [1.29, 1.82) is 0 Å². The summed E-state index contributed by atoms with van der Waals surface area (Å²) in [7, 11) is 0. The van der Waals surface area contributed by atoms with Gasteiger partial charge in [-0.25, -0.2) is 0 Å². The maximum Gasteiger partial charge on any atom is 0.0945 e. The van der Waals surface area contributed by atoms with E-state index in [9.17, 15) is 0 Å². The highest BCUT2D eigenvalue weighted by molar-refractivity contribution is 5.07. The van der Waals surface area contributed by atoms with Crippen molar-refractivity contribution < 1.29 is 4.74 Å². The van der Waals surface area contributed by atoms with Gasteiger partial charge in [0.1, 0.15) is 0 Å². The van der Waals surface area contributed by atoms with Crippen LogP contribution in [-0.2, 0) is 4.74 Å². The molecule has 2 rings (SSSR count). The molecule has 0 aromatic carbocycles. The molecule has 0 radical (unpaired) electrons. The van der Waals surface area contributed by atoms with E-state index in [1.165, 1.54) is 12.8 Å². The first kappa shape index (κ1) is 8.55. The van der Waals surface area contributed by atoms with Crippen molar-refractivity contribution in [2.45, 2.75) is 52.2 Å². The van der Waals surface area contributed by atoms with Gasteiger partial charge < -0.3 is 4.74 Å². The molecule has 0 N–H and O–H groups in total. The second-order valence-corrected chi connectivity index (χ2v) is 5.17. The normalized spacial score (nSPS) is 52.2. The average molecular weight is 168 g/mol. The van der Waals surface area contributed by atoms with Crippen LogP contribution in [0, 0.1) is 17.8 Å². The molecule has 2 fully saturated rings. The molecule has 1 heterocycles. The molecule has 4 atom stereocenters. The second-order valence-electron chi connectivity index (χ2n) is 5.17. The monoisotopic (exact) mass is 168 g/mol. The van der Waals surface area contributed by atoms with Crippen molar-refractivity contribution in [3.8, 4) is 0 Å². The van der Waals surface area contributed by atoms with E-state index in [2.05, 4.69) is 27.7 Å². The lowest BCUT2D eigenvalue weighted by Gasteiger charge is -2.30. The molecule has 0 bridgehead atoms. The fourth-order valence-electron chi connectivity index (χ4n) is 2.59. The van der Waals surface area contributed by atoms with Crippen molar-refractivity contribution in [2.75, 3.05) is 0 Å². The first-order chi connectivity index (χ1) is 5.54. The minimum absolute atomic E-state index is 0.269. The Bertz CT molecular complexity index is 187. The molecule has 1 saturated heterocycles. The molecule has 1 aliphatic carbocycles. The molecule has 1 aliphatic heterocycles. The van der Waals surface area contributed by atoms with E-state index in [4.69, 9.17) is 4.74 Å². The molecule has 0 spiro atoms. The third kappa shape index (κ3) is 1.10. The number of ether oxygens (including phenoxy) is 1. The van der Waals surface area contributed by atoms with Crippen molar-refractivity contribution >= 4 is 0 Å². The van der Waals surface area contributed by atoms with Crippen molar-refractivity contribution in [3.05, 3.63) is 0 Å². The summed E-state index contributed by atoms with van der Waals surface area (Å²) in [5, 5.41) is 0. The Hall–Kier alpha value is -0.0400. The van der Waals surface area contributed by atoms with E-state index in [1.807, 2.05) is 0 Å². The van der Waals surface area contributed by atoms with E-state index in [0.29, 0.717) is 6.10 Å². The highest BCUT2D eigenvalue weighted by atomic mass is 16.6. The summed E-state index contributed by atoms with van der Waals surface area (Å²) in [6.45, 7) is 9.29. The van der Waals surface area contributed by atoms with Gasteiger partial charge in [0.15, 0.2) is 0 Å². The minimum atomic E-state index is 0.269. The Kier molecular flexibility index (Phi) is 1.76. The van der Waals surface area contributed by atoms with Crippen LogP contribution in [0.3, 0.4) is 0 Å². The number of hydrogen-bond donors (Lipinski definition) is 0. The topological polar surface area (TPSA) is 12.5 Å². The first-order valence-electron chi connectivity index (χ1n) is 5.22. The van der Waals surface area contributed by atoms with Gasteiger partial charge in [0.05, 0.1) is 11.7 Å². The van der Waals surface area contributed by atoms with Crippen molar-refractivity contribution in [1.82, 2.24) is 0 Å². The lowest BCUT2D eigenvalue weighted by atomic mass is 9.72. The first-order valence-corrected chi connectivity index (χ1v) is 5.22. The summed E-state index contributed by atoms with van der Waals surface area (Å²) >= 11 is 0. The van der Waals surface area contributed by atoms with Crippen LogP contribution in [-0.4, -0.2) is 11.7 Å². The molecular formula is C11H20O. The van der Waals surface area contributed by atoms with Crippen LogP contribution in [0.5, 0.6) is 0 Å². The quantitative estimate of drug-likeness (QED) is 0.548. The minimum Gasteiger partial charge on any atom is -0.366 e. The van der Waals surface area contributed by atoms with Crippen LogP contribution in [0.15, 0.2) is 0 Å². The second kappa shape index (κ2) is 2.47. The van der Waals surface area contributed by atoms with Crippen LogP contribution in [0.2, 0.25) is 0 Å². The van der Waals surface area contributed by atoms with Gasteiger partial charge >= 0.3 is 0 Å². The van der Waals surface area contributed by atoms with Crippen LogP contribution in [0.1, 0.15) is 40.5 Å². The molecular weight excluding hydrogens is 148 g/mol. The lowest BCUT2D eigenvalue weighted by molar-refractivity contribution is 0.199. The molecule has 0 aromatic rings. The van der Waals surface area contributed by atoms with Gasteiger partial charge in [-0.1, -0.05) is 20.8 Å². The smallest absolute Gasteiger partial charge is 0.0945 e. The summed E-state index contributed by atoms with van der Waals surface area (Å²) in [6.07, 6.45) is 3.26. The summed E-state index contributed by atoms with van der Waals surface area (Å²) in [6, 6.07) is 0. The number of epoxide rings is 1. The third-order valence-electron chi connectivity index (χ3n) is 4.07. The SMILES string of the molecule is CC(C)C1CC(C)C2(C)OC2C1. The predicted molar refractivity (Wildman–Crippen MR) is 50.0 cm³/mol. The van der Waals surface area contributed by atoms with Crippen LogP contribution in [0.4, 0.5) is 0 Å². The van der Waals surface area contributed by atoms with Gasteiger partial charge in [-0.3, -0.25) is 0 Å². The number of hydrogen-bond acceptors (Lipinski definition) is 1. The molecule has 4 unspecified atom stereocenters. The maximum absolute atomic E-state index is 5.76. The fourth-order valence-corrected chi connectivity index (χ4v) is 2.59. The van der Waals surface area contributed by atoms with Gasteiger partial charge in [0, 0.05) is 0 Å². The number of fused-ring (bicyclic) bond motifs is 1. The zero-order chi connectivity index (χ0) is 8.93. The van der Waals surface area contributed by atoms with E-state index in [-0.39, 0.29) is 5.60 Å². The van der Waals surface area contributed by atoms with Crippen molar-refractivity contribution in [2.24, 2.45) is 17.8 Å². The molecule has 2 aliphatic rings. The maximum atomic E-state index is 5.76. The van der Waals surface area contributed by atoms with Crippen LogP contribution in [0.25, 0.3) is 0 Å². The molecule has 0 aromatic heterocycles. The van der Waals surface area contributed by atoms with Gasteiger partial charge in [-0.2, -0.15) is 0 Å². The summed E-state index contributed by atoms with van der Waals surface area (Å²) in [5.74, 6) is 2.51. The molecule has 1 heteroatoms. The van der Waals surface area contributed by atoms with Gasteiger partial charge in [0.2, 0.25) is 0 Å². The summed E-state index contributed by atoms with van der Waals surface area (Å²) in [5.41, 5.74) is 0.269. The summed E-state index contributed by atoms with van der Waals surface area (Å²) in [4.78, 5) is 0. The third-order valence-corrected chi connectivity index (χ3v) is 4.07. The Morgan fingerprint density at radius 3 is 2.50 bits per heavy atom. The predicted octanol–water partition coefficient (Wildman–Crippen LogP) is 2.85. The van der Waals surface area contributed by atoms with E-state index < -0.39 is 0 Å². The molecule has 70 valence electrons. The molecule has 1 nitrogen and oxygen atoms in total. The van der Waals surface area contributed by atoms with Gasteiger partial charge in [0.25, 0.3) is 0 Å². The highest BCUT2D eigenvalue weighted by Crippen LogP contribution is 2.53. The standard InChI is InChI=1S/C11H20O/c1-7(2)9-5-8(3)11(4)10(6-9)12-11/h7-10H,5-6H2,1-4H3. The average Bonchev–Trinajstić information content (AvgIpc) is 2.62. The lowest BCUT2D eigenvalue weighted by Crippen LogP contribution is -2.31.